The molecule has 1 heterocycles. The van der Waals surface area contributed by atoms with Gasteiger partial charge in [0.2, 0.25) is 15.9 Å². The number of carbonyl (C=O) groups excluding carboxylic acids is 1. The molecule has 0 saturated carbocycles. The highest BCUT2D eigenvalue weighted by molar-refractivity contribution is 7.89. The van der Waals surface area contributed by atoms with Crippen LogP contribution in [0.3, 0.4) is 0 Å². The average Bonchev–Trinajstić information content (AvgIpc) is 3.26. The Hall–Kier alpha value is -3.04. The number of rotatable bonds is 10. The molecule has 0 atom stereocenters. The lowest BCUT2D eigenvalue weighted by molar-refractivity contribution is -0.121. The van der Waals surface area contributed by atoms with Crippen LogP contribution in [-0.4, -0.2) is 41.3 Å². The van der Waals surface area contributed by atoms with E-state index < -0.39 is 28.3 Å². The molecule has 9 heteroatoms. The van der Waals surface area contributed by atoms with Gasteiger partial charge in [-0.15, -0.1) is 0 Å². The molecule has 1 amide bonds. The summed E-state index contributed by atoms with van der Waals surface area (Å²) in [7, 11) is -4.00. The van der Waals surface area contributed by atoms with Crippen molar-refractivity contribution >= 4 is 15.9 Å². The summed E-state index contributed by atoms with van der Waals surface area (Å²) in [4.78, 5) is 16.5. The first kappa shape index (κ1) is 22.6. The van der Waals surface area contributed by atoms with Gasteiger partial charge < -0.3 is 9.88 Å². The molecule has 1 N–H and O–H groups in total. The van der Waals surface area contributed by atoms with Crippen molar-refractivity contribution in [1.82, 2.24) is 19.2 Å². The maximum atomic E-state index is 14.2. The summed E-state index contributed by atoms with van der Waals surface area (Å²) in [5, 5.41) is 2.74. The van der Waals surface area contributed by atoms with E-state index >= 15 is 0 Å². The summed E-state index contributed by atoms with van der Waals surface area (Å²) in [6, 6.07) is 12.3. The summed E-state index contributed by atoms with van der Waals surface area (Å²) in [5.74, 6) is -0.968. The molecule has 0 unspecified atom stereocenters. The number of nitrogens with zero attached hydrogens (tertiary/aromatic N) is 3. The lowest BCUT2D eigenvalue weighted by Crippen LogP contribution is -2.40. The highest BCUT2D eigenvalue weighted by atomic mass is 32.2. The number of carbonyl (C=O) groups is 1. The molecular formula is C22H25FN4O3S. The highest BCUT2D eigenvalue weighted by Crippen LogP contribution is 2.20. The van der Waals surface area contributed by atoms with E-state index in [1.807, 2.05) is 17.7 Å². The van der Waals surface area contributed by atoms with Crippen molar-refractivity contribution in [2.24, 2.45) is 0 Å². The molecule has 3 aromatic rings. The van der Waals surface area contributed by atoms with E-state index in [2.05, 4.69) is 10.3 Å². The van der Waals surface area contributed by atoms with Crippen LogP contribution in [0.2, 0.25) is 0 Å². The lowest BCUT2D eigenvalue weighted by atomic mass is 10.2. The second-order valence-electron chi connectivity index (χ2n) is 7.18. The third-order valence-corrected chi connectivity index (χ3v) is 6.56. The van der Waals surface area contributed by atoms with Crippen LogP contribution in [0.5, 0.6) is 0 Å². The van der Waals surface area contributed by atoms with E-state index in [1.165, 1.54) is 30.3 Å². The fraction of sp³-hybridized carbons (Fsp3) is 0.273. The van der Waals surface area contributed by atoms with Gasteiger partial charge in [0, 0.05) is 37.6 Å². The SMILES string of the molecule is Cc1ccc(S(=O)(=O)N(CC(=O)NCCCn2ccnc2)Cc2ccccc2F)cc1. The van der Waals surface area contributed by atoms with Gasteiger partial charge in [0.25, 0.3) is 0 Å². The normalized spacial score (nSPS) is 11.6. The quantitative estimate of drug-likeness (QED) is 0.488. The van der Waals surface area contributed by atoms with Gasteiger partial charge in [-0.05, 0) is 31.5 Å². The minimum Gasteiger partial charge on any atom is -0.355 e. The molecule has 0 aliphatic rings. The van der Waals surface area contributed by atoms with Gasteiger partial charge in [0.1, 0.15) is 5.82 Å². The third kappa shape index (κ3) is 6.22. The van der Waals surface area contributed by atoms with Crippen molar-refractivity contribution in [3.63, 3.8) is 0 Å². The molecule has 0 bridgehead atoms. The molecule has 0 spiro atoms. The first-order valence-corrected chi connectivity index (χ1v) is 11.3. The summed E-state index contributed by atoms with van der Waals surface area (Å²) in [5.41, 5.74) is 1.11. The van der Waals surface area contributed by atoms with E-state index in [-0.39, 0.29) is 17.0 Å². The molecule has 0 saturated heterocycles. The average molecular weight is 445 g/mol. The Morgan fingerprint density at radius 3 is 2.58 bits per heavy atom. The Balaban J connectivity index is 1.71. The molecule has 2 aromatic carbocycles. The summed E-state index contributed by atoms with van der Waals surface area (Å²) in [6.07, 6.45) is 5.85. The zero-order chi connectivity index (χ0) is 22.3. The Bertz CT molecular complexity index is 1100. The first-order chi connectivity index (χ1) is 14.9. The van der Waals surface area contributed by atoms with Gasteiger partial charge in [0.05, 0.1) is 17.8 Å². The van der Waals surface area contributed by atoms with Crippen molar-refractivity contribution in [1.29, 1.82) is 0 Å². The number of benzene rings is 2. The smallest absolute Gasteiger partial charge is 0.243 e. The summed E-state index contributed by atoms with van der Waals surface area (Å²) in [6.45, 7) is 2.27. The molecule has 0 fully saturated rings. The van der Waals surface area contributed by atoms with Crippen LogP contribution in [0, 0.1) is 12.7 Å². The molecule has 0 radical (unpaired) electrons. The van der Waals surface area contributed by atoms with Crippen LogP contribution in [0.25, 0.3) is 0 Å². The van der Waals surface area contributed by atoms with Crippen molar-refractivity contribution < 1.29 is 17.6 Å². The first-order valence-electron chi connectivity index (χ1n) is 9.89. The number of hydrogen-bond donors (Lipinski definition) is 1. The maximum absolute atomic E-state index is 14.2. The van der Waals surface area contributed by atoms with Gasteiger partial charge in [-0.25, -0.2) is 17.8 Å². The number of aromatic nitrogens is 2. The lowest BCUT2D eigenvalue weighted by Gasteiger charge is -2.22. The van der Waals surface area contributed by atoms with Gasteiger partial charge in [0.15, 0.2) is 0 Å². The van der Waals surface area contributed by atoms with Crippen molar-refractivity contribution in [2.75, 3.05) is 13.1 Å². The van der Waals surface area contributed by atoms with Crippen LogP contribution in [0.1, 0.15) is 17.5 Å². The Morgan fingerprint density at radius 2 is 1.90 bits per heavy atom. The number of nitrogens with one attached hydrogen (secondary N) is 1. The molecule has 1 aromatic heterocycles. The van der Waals surface area contributed by atoms with Gasteiger partial charge in [-0.2, -0.15) is 4.31 Å². The highest BCUT2D eigenvalue weighted by Gasteiger charge is 2.27. The Labute approximate surface area is 181 Å². The van der Waals surface area contributed by atoms with E-state index in [0.29, 0.717) is 19.5 Å². The Kier molecular flexibility index (Phi) is 7.54. The van der Waals surface area contributed by atoms with Crippen LogP contribution in [-0.2, 0) is 27.9 Å². The fourth-order valence-corrected chi connectivity index (χ4v) is 4.40. The van der Waals surface area contributed by atoms with Crippen molar-refractivity contribution in [3.8, 4) is 0 Å². The molecule has 7 nitrogen and oxygen atoms in total. The van der Waals surface area contributed by atoms with E-state index in [9.17, 15) is 17.6 Å². The van der Waals surface area contributed by atoms with E-state index in [4.69, 9.17) is 0 Å². The molecule has 3 rings (SSSR count). The second kappa shape index (κ2) is 10.3. The zero-order valence-electron chi connectivity index (χ0n) is 17.2. The van der Waals surface area contributed by atoms with E-state index in [0.717, 1.165) is 9.87 Å². The van der Waals surface area contributed by atoms with Crippen molar-refractivity contribution in [3.05, 3.63) is 84.2 Å². The minimum absolute atomic E-state index is 0.0577. The number of hydrogen-bond acceptors (Lipinski definition) is 4. The third-order valence-electron chi connectivity index (χ3n) is 4.76. The number of aryl methyl sites for hydroxylation is 2. The number of amides is 1. The van der Waals surface area contributed by atoms with Crippen LogP contribution in [0.15, 0.2) is 72.1 Å². The molecular weight excluding hydrogens is 419 g/mol. The standard InChI is InChI=1S/C22H25FN4O3S/c1-18-7-9-20(10-8-18)31(29,30)27(15-19-5-2-3-6-21(19)23)16-22(28)25-11-4-13-26-14-12-24-17-26/h2-3,5-10,12,14,17H,4,11,13,15-16H2,1H3,(H,25,28). The van der Waals surface area contributed by atoms with E-state index in [1.54, 1.807) is 30.7 Å². The maximum Gasteiger partial charge on any atom is 0.243 e. The number of halogens is 1. The molecule has 31 heavy (non-hydrogen) atoms. The Morgan fingerprint density at radius 1 is 1.16 bits per heavy atom. The van der Waals surface area contributed by atoms with Crippen LogP contribution in [0.4, 0.5) is 4.39 Å². The summed E-state index contributed by atoms with van der Waals surface area (Å²) < 4.78 is 43.5. The zero-order valence-corrected chi connectivity index (χ0v) is 18.1. The molecule has 0 aliphatic carbocycles. The predicted molar refractivity (Wildman–Crippen MR) is 115 cm³/mol. The molecule has 164 valence electrons. The largest absolute Gasteiger partial charge is 0.355 e. The van der Waals surface area contributed by atoms with Gasteiger partial charge in [-0.3, -0.25) is 4.79 Å². The van der Waals surface area contributed by atoms with Crippen LogP contribution >= 0.6 is 0 Å². The van der Waals surface area contributed by atoms with Crippen molar-refractivity contribution in [2.45, 2.75) is 31.3 Å². The number of sulfonamides is 1. The monoisotopic (exact) mass is 444 g/mol. The molecule has 0 aliphatic heterocycles. The predicted octanol–water partition coefficient (Wildman–Crippen LogP) is 2.73. The second-order valence-corrected chi connectivity index (χ2v) is 9.12. The van der Waals surface area contributed by atoms with Gasteiger partial charge >= 0.3 is 0 Å². The van der Waals surface area contributed by atoms with Crippen LogP contribution < -0.4 is 5.32 Å². The summed E-state index contributed by atoms with van der Waals surface area (Å²) >= 11 is 0. The topological polar surface area (TPSA) is 84.3 Å². The minimum atomic E-state index is -4.00. The fourth-order valence-electron chi connectivity index (χ4n) is 3.03. The van der Waals surface area contributed by atoms with Gasteiger partial charge in [-0.1, -0.05) is 35.9 Å². The number of imidazole rings is 1.